The summed E-state index contributed by atoms with van der Waals surface area (Å²) in [5, 5.41) is 16.7. The summed E-state index contributed by atoms with van der Waals surface area (Å²) in [6, 6.07) is 0. The number of allylic oxidation sites excluding steroid dienone is 2. The van der Waals surface area contributed by atoms with Gasteiger partial charge in [-0.25, -0.2) is 9.97 Å². The van der Waals surface area contributed by atoms with Gasteiger partial charge in [-0.2, -0.15) is 5.11 Å². The fourth-order valence-electron chi connectivity index (χ4n) is 0.576. The summed E-state index contributed by atoms with van der Waals surface area (Å²) in [5.74, 6) is 0.337. The highest BCUT2D eigenvalue weighted by Gasteiger charge is 1.99. The molecule has 1 heterocycles. The van der Waals surface area contributed by atoms with Crippen LogP contribution in [0, 0.1) is 0 Å². The number of azo groups is 1. The molecule has 1 rings (SSSR count). The number of nitrogens with zero attached hydrogens (tertiary/aromatic N) is 4. The summed E-state index contributed by atoms with van der Waals surface area (Å²) < 4.78 is 0. The SMILES string of the molecule is C/C(O)=C(C)/N=N/c1nccnc1Cl. The molecule has 0 aliphatic carbocycles. The van der Waals surface area contributed by atoms with E-state index < -0.39 is 0 Å². The number of hydrogen-bond acceptors (Lipinski definition) is 5. The Balaban J connectivity index is 2.90. The van der Waals surface area contributed by atoms with Crippen molar-refractivity contribution in [2.75, 3.05) is 0 Å². The van der Waals surface area contributed by atoms with Crippen LogP contribution in [0.5, 0.6) is 0 Å². The molecule has 0 saturated carbocycles. The lowest BCUT2D eigenvalue weighted by molar-refractivity contribution is 0.405. The van der Waals surface area contributed by atoms with Gasteiger partial charge in [0.15, 0.2) is 5.15 Å². The molecule has 5 nitrogen and oxygen atoms in total. The Hall–Kier alpha value is -1.49. The predicted octanol–water partition coefficient (Wildman–Crippen LogP) is 3.02. The lowest BCUT2D eigenvalue weighted by Gasteiger charge is -1.94. The van der Waals surface area contributed by atoms with Crippen molar-refractivity contribution in [2.24, 2.45) is 10.2 Å². The van der Waals surface area contributed by atoms with Crippen molar-refractivity contribution in [1.29, 1.82) is 0 Å². The number of aliphatic hydroxyl groups excluding tert-OH is 1. The highest BCUT2D eigenvalue weighted by molar-refractivity contribution is 6.31. The minimum absolute atomic E-state index is 0.105. The van der Waals surface area contributed by atoms with Gasteiger partial charge in [-0.1, -0.05) is 11.6 Å². The second-order valence-corrected chi connectivity index (χ2v) is 2.90. The van der Waals surface area contributed by atoms with E-state index >= 15 is 0 Å². The van der Waals surface area contributed by atoms with Gasteiger partial charge in [0, 0.05) is 12.4 Å². The van der Waals surface area contributed by atoms with E-state index in [0.717, 1.165) is 0 Å². The third kappa shape index (κ3) is 2.77. The maximum atomic E-state index is 9.03. The van der Waals surface area contributed by atoms with Crippen LogP contribution in [0.3, 0.4) is 0 Å². The van der Waals surface area contributed by atoms with Crippen LogP contribution in [-0.4, -0.2) is 15.1 Å². The summed E-state index contributed by atoms with van der Waals surface area (Å²) >= 11 is 5.68. The van der Waals surface area contributed by atoms with Crippen LogP contribution >= 0.6 is 11.6 Å². The van der Waals surface area contributed by atoms with Gasteiger partial charge in [-0.15, -0.1) is 5.11 Å². The molecule has 0 unspecified atom stereocenters. The van der Waals surface area contributed by atoms with E-state index in [9.17, 15) is 0 Å². The Kier molecular flexibility index (Phi) is 3.53. The molecule has 0 aromatic carbocycles. The van der Waals surface area contributed by atoms with Crippen molar-refractivity contribution in [3.63, 3.8) is 0 Å². The van der Waals surface area contributed by atoms with E-state index in [-0.39, 0.29) is 16.7 Å². The van der Waals surface area contributed by atoms with Crippen LogP contribution in [-0.2, 0) is 0 Å². The van der Waals surface area contributed by atoms with Crippen LogP contribution in [0.25, 0.3) is 0 Å². The molecule has 0 spiro atoms. The number of aliphatic hydroxyl groups is 1. The first-order valence-electron chi connectivity index (χ1n) is 3.86. The van der Waals surface area contributed by atoms with Crippen molar-refractivity contribution < 1.29 is 5.11 Å². The second kappa shape index (κ2) is 4.66. The molecule has 14 heavy (non-hydrogen) atoms. The molecule has 1 aromatic rings. The van der Waals surface area contributed by atoms with E-state index in [1.54, 1.807) is 6.92 Å². The Bertz CT molecular complexity index is 385. The first kappa shape index (κ1) is 10.6. The molecule has 0 aliphatic rings. The van der Waals surface area contributed by atoms with E-state index in [0.29, 0.717) is 5.70 Å². The number of aromatic nitrogens is 2. The zero-order chi connectivity index (χ0) is 10.6. The Labute approximate surface area is 86.2 Å². The van der Waals surface area contributed by atoms with E-state index in [1.165, 1.54) is 19.3 Å². The average Bonchev–Trinajstić information content (AvgIpc) is 2.16. The monoisotopic (exact) mass is 212 g/mol. The topological polar surface area (TPSA) is 70.7 Å². The molecule has 0 bridgehead atoms. The maximum absolute atomic E-state index is 9.03. The van der Waals surface area contributed by atoms with E-state index in [4.69, 9.17) is 16.7 Å². The summed E-state index contributed by atoms with van der Waals surface area (Å²) in [6.07, 6.45) is 2.92. The second-order valence-electron chi connectivity index (χ2n) is 2.54. The molecule has 74 valence electrons. The summed E-state index contributed by atoms with van der Waals surface area (Å²) in [5.41, 5.74) is 0.409. The number of rotatable bonds is 2. The summed E-state index contributed by atoms with van der Waals surface area (Å²) in [6.45, 7) is 3.15. The fraction of sp³-hybridized carbons (Fsp3) is 0.250. The standard InChI is InChI=1S/C8H9ClN4O/c1-5(6(2)14)12-13-8-7(9)10-3-4-11-8/h3-4,14H,1-2H3/b6-5-,13-12+. The molecule has 1 aromatic heterocycles. The van der Waals surface area contributed by atoms with Gasteiger partial charge in [0.05, 0.1) is 5.70 Å². The van der Waals surface area contributed by atoms with Crippen LogP contribution < -0.4 is 0 Å². The minimum Gasteiger partial charge on any atom is -0.511 e. The smallest absolute Gasteiger partial charge is 0.212 e. The fourth-order valence-corrected chi connectivity index (χ4v) is 0.718. The van der Waals surface area contributed by atoms with Gasteiger partial charge in [0.25, 0.3) is 0 Å². The van der Waals surface area contributed by atoms with Gasteiger partial charge in [0.2, 0.25) is 5.82 Å². The molecule has 1 N–H and O–H groups in total. The van der Waals surface area contributed by atoms with Gasteiger partial charge in [-0.05, 0) is 13.8 Å². The van der Waals surface area contributed by atoms with Gasteiger partial charge in [-0.3, -0.25) is 0 Å². The maximum Gasteiger partial charge on any atom is 0.212 e. The predicted molar refractivity (Wildman–Crippen MR) is 52.6 cm³/mol. The zero-order valence-electron chi connectivity index (χ0n) is 7.77. The lowest BCUT2D eigenvalue weighted by Crippen LogP contribution is -1.80. The largest absolute Gasteiger partial charge is 0.511 e. The lowest BCUT2D eigenvalue weighted by atomic mass is 10.4. The zero-order valence-corrected chi connectivity index (χ0v) is 8.52. The first-order valence-corrected chi connectivity index (χ1v) is 4.23. The molecule has 0 atom stereocenters. The Morgan fingerprint density at radius 3 is 2.57 bits per heavy atom. The van der Waals surface area contributed by atoms with Crippen LogP contribution in [0.1, 0.15) is 13.8 Å². The number of hydrogen-bond donors (Lipinski definition) is 1. The molecule has 0 aliphatic heterocycles. The quantitative estimate of drug-likeness (QED) is 0.605. The molecule has 0 saturated heterocycles. The van der Waals surface area contributed by atoms with Gasteiger partial charge >= 0.3 is 0 Å². The average molecular weight is 213 g/mol. The van der Waals surface area contributed by atoms with Crippen molar-refractivity contribution in [2.45, 2.75) is 13.8 Å². The van der Waals surface area contributed by atoms with Crippen molar-refractivity contribution in [3.8, 4) is 0 Å². The van der Waals surface area contributed by atoms with Crippen molar-refractivity contribution in [1.82, 2.24) is 9.97 Å². The number of halogens is 1. The summed E-state index contributed by atoms with van der Waals surface area (Å²) in [7, 11) is 0. The molecule has 0 fully saturated rings. The first-order chi connectivity index (χ1) is 6.61. The molecule has 6 heteroatoms. The third-order valence-corrected chi connectivity index (χ3v) is 1.72. The summed E-state index contributed by atoms with van der Waals surface area (Å²) in [4.78, 5) is 7.62. The van der Waals surface area contributed by atoms with E-state index in [2.05, 4.69) is 20.2 Å². The minimum atomic E-state index is 0.105. The molecule has 0 radical (unpaired) electrons. The molecular weight excluding hydrogens is 204 g/mol. The molecule has 0 amide bonds. The highest BCUT2D eigenvalue weighted by Crippen LogP contribution is 2.19. The van der Waals surface area contributed by atoms with E-state index in [1.807, 2.05) is 0 Å². The van der Waals surface area contributed by atoms with Crippen LogP contribution in [0.4, 0.5) is 5.82 Å². The highest BCUT2D eigenvalue weighted by atomic mass is 35.5. The van der Waals surface area contributed by atoms with Crippen LogP contribution in [0.2, 0.25) is 5.15 Å². The Morgan fingerprint density at radius 2 is 2.00 bits per heavy atom. The third-order valence-electron chi connectivity index (χ3n) is 1.45. The van der Waals surface area contributed by atoms with Gasteiger partial charge < -0.3 is 5.11 Å². The van der Waals surface area contributed by atoms with Crippen molar-refractivity contribution in [3.05, 3.63) is 29.0 Å². The normalized spacial score (nSPS) is 13.1. The van der Waals surface area contributed by atoms with Crippen molar-refractivity contribution >= 4 is 17.4 Å². The Morgan fingerprint density at radius 1 is 1.36 bits per heavy atom. The van der Waals surface area contributed by atoms with Gasteiger partial charge in [0.1, 0.15) is 5.76 Å². The van der Waals surface area contributed by atoms with Crippen LogP contribution in [0.15, 0.2) is 34.1 Å². The molecular formula is C8H9ClN4O.